The first-order valence-electron chi connectivity index (χ1n) is 9.20. The predicted molar refractivity (Wildman–Crippen MR) is 120 cm³/mol. The Kier molecular flexibility index (Phi) is 4.53. The molecule has 2 N–H and O–H groups in total. The van der Waals surface area contributed by atoms with E-state index in [0.29, 0.717) is 38.5 Å². The van der Waals surface area contributed by atoms with Crippen LogP contribution in [0, 0.1) is 0 Å². The van der Waals surface area contributed by atoms with Gasteiger partial charge in [0.25, 0.3) is 10.0 Å². The zero-order valence-corrected chi connectivity index (χ0v) is 17.4. The molecule has 0 spiro atoms. The molecule has 31 heavy (non-hydrogen) atoms. The van der Waals surface area contributed by atoms with Gasteiger partial charge >= 0.3 is 5.63 Å². The van der Waals surface area contributed by atoms with Crippen LogP contribution >= 0.6 is 11.6 Å². The minimum Gasteiger partial charge on any atom is -0.423 e. The summed E-state index contributed by atoms with van der Waals surface area (Å²) in [5, 5.41) is 1.07. The summed E-state index contributed by atoms with van der Waals surface area (Å²) < 4.78 is 33.4. The van der Waals surface area contributed by atoms with Crippen molar-refractivity contribution >= 4 is 49.3 Å². The number of rotatable bonds is 4. The molecule has 5 rings (SSSR count). The summed E-state index contributed by atoms with van der Waals surface area (Å²) in [6, 6.07) is 19.4. The molecule has 2 heterocycles. The average Bonchev–Trinajstić information content (AvgIpc) is 3.16. The zero-order valence-electron chi connectivity index (χ0n) is 15.8. The molecule has 154 valence electrons. The first kappa shape index (κ1) is 19.3. The SMILES string of the molecule is O=c1ccc2cc(S(=O)(=O)Nc3ccc4nc(-c5ccccc5Cl)[nH]c4c3)ccc2o1. The summed E-state index contributed by atoms with van der Waals surface area (Å²) in [6.07, 6.45) is 0. The van der Waals surface area contributed by atoms with Gasteiger partial charge in [-0.05, 0) is 54.6 Å². The minimum absolute atomic E-state index is 0.0512. The van der Waals surface area contributed by atoms with Gasteiger partial charge in [-0.25, -0.2) is 18.2 Å². The fourth-order valence-electron chi connectivity index (χ4n) is 3.29. The van der Waals surface area contributed by atoms with Gasteiger partial charge in [0.2, 0.25) is 0 Å². The lowest BCUT2D eigenvalue weighted by atomic mass is 10.2. The normalized spacial score (nSPS) is 11.8. The maximum absolute atomic E-state index is 12.9. The molecule has 0 radical (unpaired) electrons. The fourth-order valence-corrected chi connectivity index (χ4v) is 4.59. The van der Waals surface area contributed by atoms with Gasteiger partial charge in [-0.1, -0.05) is 23.7 Å². The number of aromatic nitrogens is 2. The number of benzene rings is 3. The molecule has 2 aromatic heterocycles. The Morgan fingerprint density at radius 3 is 2.65 bits per heavy atom. The van der Waals surface area contributed by atoms with Crippen molar-refractivity contribution in [1.29, 1.82) is 0 Å². The Morgan fingerprint density at radius 1 is 0.968 bits per heavy atom. The fraction of sp³-hybridized carbons (Fsp3) is 0. The molecule has 0 aliphatic rings. The Labute approximate surface area is 181 Å². The van der Waals surface area contributed by atoms with Crippen LogP contribution < -0.4 is 10.3 Å². The third-order valence-corrected chi connectivity index (χ3v) is 6.47. The van der Waals surface area contributed by atoms with E-state index in [0.717, 1.165) is 5.56 Å². The van der Waals surface area contributed by atoms with Crippen molar-refractivity contribution in [3.8, 4) is 11.4 Å². The van der Waals surface area contributed by atoms with Crippen molar-refractivity contribution in [3.05, 3.63) is 88.2 Å². The second-order valence-corrected chi connectivity index (χ2v) is 8.95. The monoisotopic (exact) mass is 451 g/mol. The average molecular weight is 452 g/mol. The molecule has 0 amide bonds. The van der Waals surface area contributed by atoms with Crippen LogP contribution in [0.25, 0.3) is 33.4 Å². The number of imidazole rings is 1. The van der Waals surface area contributed by atoms with Crippen molar-refractivity contribution < 1.29 is 12.8 Å². The molecule has 0 saturated heterocycles. The van der Waals surface area contributed by atoms with Crippen LogP contribution in [-0.2, 0) is 10.0 Å². The Morgan fingerprint density at radius 2 is 1.81 bits per heavy atom. The molecule has 5 aromatic rings. The maximum Gasteiger partial charge on any atom is 0.336 e. The lowest BCUT2D eigenvalue weighted by Crippen LogP contribution is -2.13. The molecule has 0 saturated carbocycles. The van der Waals surface area contributed by atoms with Crippen molar-refractivity contribution in [2.24, 2.45) is 0 Å². The van der Waals surface area contributed by atoms with E-state index in [1.54, 1.807) is 24.3 Å². The lowest BCUT2D eigenvalue weighted by molar-refractivity contribution is 0.560. The van der Waals surface area contributed by atoms with Crippen LogP contribution in [-0.4, -0.2) is 18.4 Å². The number of aromatic amines is 1. The summed E-state index contributed by atoms with van der Waals surface area (Å²) in [6.45, 7) is 0. The van der Waals surface area contributed by atoms with Gasteiger partial charge in [0.15, 0.2) is 0 Å². The second kappa shape index (κ2) is 7.26. The number of H-pyrrole nitrogens is 1. The van der Waals surface area contributed by atoms with E-state index in [2.05, 4.69) is 14.7 Å². The molecular formula is C22H14ClN3O4S. The number of halogens is 1. The summed E-state index contributed by atoms with van der Waals surface area (Å²) in [4.78, 5) is 19.1. The Bertz CT molecular complexity index is 1620. The van der Waals surface area contributed by atoms with Gasteiger partial charge in [-0.2, -0.15) is 0 Å². The molecule has 7 nitrogen and oxygen atoms in total. The smallest absolute Gasteiger partial charge is 0.336 e. The van der Waals surface area contributed by atoms with Crippen LogP contribution in [0.4, 0.5) is 5.69 Å². The molecule has 0 bridgehead atoms. The van der Waals surface area contributed by atoms with Crippen LogP contribution in [0.5, 0.6) is 0 Å². The highest BCUT2D eigenvalue weighted by Gasteiger charge is 2.16. The Hall–Kier alpha value is -3.62. The number of hydrogen-bond donors (Lipinski definition) is 2. The summed E-state index contributed by atoms with van der Waals surface area (Å²) in [7, 11) is -3.86. The summed E-state index contributed by atoms with van der Waals surface area (Å²) in [5.74, 6) is 0.594. The van der Waals surface area contributed by atoms with Crippen molar-refractivity contribution in [2.45, 2.75) is 4.90 Å². The highest BCUT2D eigenvalue weighted by Crippen LogP contribution is 2.29. The van der Waals surface area contributed by atoms with Crippen molar-refractivity contribution in [3.63, 3.8) is 0 Å². The third-order valence-electron chi connectivity index (χ3n) is 4.76. The van der Waals surface area contributed by atoms with Gasteiger partial charge in [0.05, 0.1) is 26.6 Å². The number of hydrogen-bond acceptors (Lipinski definition) is 5. The number of anilines is 1. The van der Waals surface area contributed by atoms with Crippen molar-refractivity contribution in [2.75, 3.05) is 4.72 Å². The molecule has 0 aliphatic carbocycles. The van der Waals surface area contributed by atoms with Crippen LogP contribution in [0.2, 0.25) is 5.02 Å². The number of nitrogens with one attached hydrogen (secondary N) is 2. The number of fused-ring (bicyclic) bond motifs is 2. The Balaban J connectivity index is 1.49. The third kappa shape index (κ3) is 3.67. The number of sulfonamides is 1. The quantitative estimate of drug-likeness (QED) is 0.382. The van der Waals surface area contributed by atoms with Crippen LogP contribution in [0.1, 0.15) is 0 Å². The first-order chi connectivity index (χ1) is 14.9. The largest absolute Gasteiger partial charge is 0.423 e. The zero-order chi connectivity index (χ0) is 21.6. The van der Waals surface area contributed by atoms with Gasteiger partial charge in [0, 0.05) is 17.0 Å². The molecular weight excluding hydrogens is 438 g/mol. The summed E-state index contributed by atoms with van der Waals surface area (Å²) >= 11 is 6.25. The van der Waals surface area contributed by atoms with Crippen LogP contribution in [0.3, 0.4) is 0 Å². The minimum atomic E-state index is -3.86. The second-order valence-electron chi connectivity index (χ2n) is 6.86. The summed E-state index contributed by atoms with van der Waals surface area (Å²) in [5.41, 5.74) is 2.29. The molecule has 0 fully saturated rings. The van der Waals surface area contributed by atoms with Gasteiger partial charge < -0.3 is 9.40 Å². The van der Waals surface area contributed by atoms with E-state index in [-0.39, 0.29) is 4.90 Å². The number of nitrogens with zero attached hydrogens (tertiary/aromatic N) is 1. The molecule has 0 unspecified atom stereocenters. The van der Waals surface area contributed by atoms with E-state index in [4.69, 9.17) is 16.0 Å². The highest BCUT2D eigenvalue weighted by atomic mass is 35.5. The molecule has 3 aromatic carbocycles. The molecule has 0 atom stereocenters. The lowest BCUT2D eigenvalue weighted by Gasteiger charge is -2.08. The van der Waals surface area contributed by atoms with Crippen LogP contribution in [0.15, 0.2) is 86.9 Å². The predicted octanol–water partition coefficient (Wildman–Crippen LogP) is 4.79. The first-order valence-corrected chi connectivity index (χ1v) is 11.1. The van der Waals surface area contributed by atoms with Crippen molar-refractivity contribution in [1.82, 2.24) is 9.97 Å². The standard InChI is InChI=1S/C22H14ClN3O4S/c23-17-4-2-1-3-16(17)22-24-18-8-6-14(12-19(18)25-22)26-31(28,29)15-7-9-20-13(11-15)5-10-21(27)30-20/h1-12,26H,(H,24,25). The van der Waals surface area contributed by atoms with E-state index in [9.17, 15) is 13.2 Å². The molecule has 0 aliphatic heterocycles. The maximum atomic E-state index is 12.9. The topological polar surface area (TPSA) is 105 Å². The molecule has 9 heteroatoms. The van der Waals surface area contributed by atoms with E-state index in [1.807, 2.05) is 18.2 Å². The van der Waals surface area contributed by atoms with E-state index >= 15 is 0 Å². The van der Waals surface area contributed by atoms with Gasteiger partial charge in [-0.15, -0.1) is 0 Å². The highest BCUT2D eigenvalue weighted by molar-refractivity contribution is 7.92. The van der Waals surface area contributed by atoms with Gasteiger partial charge in [0.1, 0.15) is 11.4 Å². The van der Waals surface area contributed by atoms with Gasteiger partial charge in [-0.3, -0.25) is 4.72 Å². The van der Waals surface area contributed by atoms with E-state index < -0.39 is 15.6 Å². The van der Waals surface area contributed by atoms with E-state index in [1.165, 1.54) is 30.3 Å².